The molecule has 0 aliphatic heterocycles. The van der Waals surface area contributed by atoms with E-state index < -0.39 is 17.9 Å². The van der Waals surface area contributed by atoms with E-state index in [-0.39, 0.29) is 10.2 Å². The second-order valence-corrected chi connectivity index (χ2v) is 3.38. The Bertz CT molecular complexity index is 320. The summed E-state index contributed by atoms with van der Waals surface area (Å²) in [5, 5.41) is -0.0492. The van der Waals surface area contributed by atoms with E-state index in [4.69, 9.17) is 28.9 Å². The second-order valence-electron chi connectivity index (χ2n) is 2.55. The molecule has 2 N–H and O–H groups in total. The fourth-order valence-electron chi connectivity index (χ4n) is 0.812. The SMILES string of the molecule is NC(c1cc(Cl)cc(Cl)n1)C(F)(F)F. The molecule has 0 aliphatic rings. The minimum absolute atomic E-state index is 0.0692. The third-order valence-corrected chi connectivity index (χ3v) is 1.86. The first-order chi connectivity index (χ1) is 6.30. The van der Waals surface area contributed by atoms with E-state index in [2.05, 4.69) is 4.98 Å². The van der Waals surface area contributed by atoms with Crippen LogP contribution in [0.25, 0.3) is 0 Å². The summed E-state index contributed by atoms with van der Waals surface area (Å²) < 4.78 is 36.4. The van der Waals surface area contributed by atoms with Crippen LogP contribution in [0.4, 0.5) is 13.2 Å². The first-order valence-corrected chi connectivity index (χ1v) is 4.21. The molecular weight excluding hydrogens is 240 g/mol. The monoisotopic (exact) mass is 244 g/mol. The molecule has 2 nitrogen and oxygen atoms in total. The standard InChI is InChI=1S/C7H5Cl2F3N2/c8-3-1-4(14-5(9)2-3)6(13)7(10,11)12/h1-2,6H,13H2. The molecule has 1 unspecified atom stereocenters. The Morgan fingerprint density at radius 2 is 1.86 bits per heavy atom. The van der Waals surface area contributed by atoms with E-state index in [9.17, 15) is 13.2 Å². The molecule has 0 spiro atoms. The van der Waals surface area contributed by atoms with Crippen molar-refractivity contribution in [1.82, 2.24) is 4.98 Å². The lowest BCUT2D eigenvalue weighted by Crippen LogP contribution is -2.29. The van der Waals surface area contributed by atoms with Gasteiger partial charge in [0, 0.05) is 5.02 Å². The van der Waals surface area contributed by atoms with Gasteiger partial charge in [0.05, 0.1) is 5.69 Å². The van der Waals surface area contributed by atoms with Crippen molar-refractivity contribution in [2.75, 3.05) is 0 Å². The third kappa shape index (κ3) is 2.73. The van der Waals surface area contributed by atoms with Crippen molar-refractivity contribution in [3.8, 4) is 0 Å². The minimum atomic E-state index is -4.55. The Balaban J connectivity index is 3.07. The average Bonchev–Trinajstić information content (AvgIpc) is 1.99. The highest BCUT2D eigenvalue weighted by atomic mass is 35.5. The summed E-state index contributed by atoms with van der Waals surface area (Å²) in [6, 6.07) is 0.0973. The maximum absolute atomic E-state index is 12.1. The van der Waals surface area contributed by atoms with Crippen LogP contribution in [-0.4, -0.2) is 11.2 Å². The van der Waals surface area contributed by atoms with Gasteiger partial charge < -0.3 is 5.73 Å². The average molecular weight is 245 g/mol. The van der Waals surface area contributed by atoms with Gasteiger partial charge in [0.15, 0.2) is 0 Å². The molecule has 14 heavy (non-hydrogen) atoms. The Kier molecular flexibility index (Phi) is 3.24. The summed E-state index contributed by atoms with van der Waals surface area (Å²) in [5.41, 5.74) is 4.51. The molecule has 0 amide bonds. The van der Waals surface area contributed by atoms with Crippen molar-refractivity contribution in [3.05, 3.63) is 28.0 Å². The number of rotatable bonds is 1. The third-order valence-electron chi connectivity index (χ3n) is 1.45. The fraction of sp³-hybridized carbons (Fsp3) is 0.286. The summed E-state index contributed by atoms with van der Waals surface area (Å²) in [4.78, 5) is 3.44. The number of hydrogen-bond acceptors (Lipinski definition) is 2. The molecule has 0 fully saturated rings. The van der Waals surface area contributed by atoms with Crippen LogP contribution < -0.4 is 5.73 Å². The van der Waals surface area contributed by atoms with E-state index in [0.29, 0.717) is 0 Å². The zero-order chi connectivity index (χ0) is 10.9. The predicted octanol–water partition coefficient (Wildman–Crippen LogP) is 2.95. The van der Waals surface area contributed by atoms with Crippen LogP contribution in [0.2, 0.25) is 10.2 Å². The van der Waals surface area contributed by atoms with E-state index >= 15 is 0 Å². The van der Waals surface area contributed by atoms with Gasteiger partial charge in [-0.3, -0.25) is 0 Å². The van der Waals surface area contributed by atoms with Crippen LogP contribution in [-0.2, 0) is 0 Å². The quantitative estimate of drug-likeness (QED) is 0.772. The second kappa shape index (κ2) is 3.92. The zero-order valence-corrected chi connectivity index (χ0v) is 8.16. The van der Waals surface area contributed by atoms with Crippen molar-refractivity contribution >= 4 is 23.2 Å². The van der Waals surface area contributed by atoms with Crippen LogP contribution in [0.3, 0.4) is 0 Å². The van der Waals surface area contributed by atoms with Crippen LogP contribution >= 0.6 is 23.2 Å². The van der Waals surface area contributed by atoms with Gasteiger partial charge in [0.1, 0.15) is 11.2 Å². The number of alkyl halides is 3. The van der Waals surface area contributed by atoms with Gasteiger partial charge in [-0.25, -0.2) is 4.98 Å². The zero-order valence-electron chi connectivity index (χ0n) is 6.65. The van der Waals surface area contributed by atoms with E-state index in [1.54, 1.807) is 0 Å². The molecule has 7 heteroatoms. The number of aromatic nitrogens is 1. The number of nitrogens with zero attached hydrogens (tertiary/aromatic N) is 1. The maximum atomic E-state index is 12.1. The predicted molar refractivity (Wildman–Crippen MR) is 47.2 cm³/mol. The van der Waals surface area contributed by atoms with Gasteiger partial charge >= 0.3 is 6.18 Å². The molecule has 0 bridgehead atoms. The van der Waals surface area contributed by atoms with Crippen molar-refractivity contribution in [2.45, 2.75) is 12.2 Å². The van der Waals surface area contributed by atoms with Gasteiger partial charge in [-0.2, -0.15) is 13.2 Å². The van der Waals surface area contributed by atoms with Crippen molar-refractivity contribution in [2.24, 2.45) is 5.73 Å². The summed E-state index contributed by atoms with van der Waals surface area (Å²) in [7, 11) is 0. The van der Waals surface area contributed by atoms with Crippen LogP contribution in [0, 0.1) is 0 Å². The van der Waals surface area contributed by atoms with E-state index in [0.717, 1.165) is 6.07 Å². The molecule has 1 atom stereocenters. The topological polar surface area (TPSA) is 38.9 Å². The number of halogens is 5. The van der Waals surface area contributed by atoms with Crippen molar-refractivity contribution in [1.29, 1.82) is 0 Å². The molecule has 78 valence electrons. The van der Waals surface area contributed by atoms with Crippen LogP contribution in [0.5, 0.6) is 0 Å². The highest BCUT2D eigenvalue weighted by Gasteiger charge is 2.39. The smallest absolute Gasteiger partial charge is 0.315 e. The Morgan fingerprint density at radius 3 is 2.29 bits per heavy atom. The Labute approximate surface area is 87.8 Å². The number of nitrogens with two attached hydrogens (primary N) is 1. The number of hydrogen-bond donors (Lipinski definition) is 1. The Morgan fingerprint density at radius 1 is 1.29 bits per heavy atom. The lowest BCUT2D eigenvalue weighted by atomic mass is 10.2. The summed E-state index contributed by atoms with van der Waals surface area (Å²) in [6.45, 7) is 0. The molecule has 0 aromatic carbocycles. The highest BCUT2D eigenvalue weighted by Crippen LogP contribution is 2.31. The summed E-state index contributed by atoms with van der Waals surface area (Å²) in [6.07, 6.45) is -4.55. The summed E-state index contributed by atoms with van der Waals surface area (Å²) in [5.74, 6) is 0. The van der Waals surface area contributed by atoms with Crippen molar-refractivity contribution in [3.63, 3.8) is 0 Å². The molecule has 0 saturated carbocycles. The lowest BCUT2D eigenvalue weighted by Gasteiger charge is -2.15. The number of pyridine rings is 1. The van der Waals surface area contributed by atoms with Gasteiger partial charge in [0.2, 0.25) is 0 Å². The van der Waals surface area contributed by atoms with E-state index in [1.807, 2.05) is 0 Å². The molecule has 0 radical (unpaired) electrons. The molecule has 0 saturated heterocycles. The first-order valence-electron chi connectivity index (χ1n) is 3.46. The van der Waals surface area contributed by atoms with Crippen molar-refractivity contribution < 1.29 is 13.2 Å². The maximum Gasteiger partial charge on any atom is 0.409 e. The van der Waals surface area contributed by atoms with Crippen LogP contribution in [0.15, 0.2) is 12.1 Å². The molecule has 1 aromatic heterocycles. The molecule has 1 rings (SSSR count). The molecule has 1 aromatic rings. The largest absolute Gasteiger partial charge is 0.409 e. The molecule has 0 aliphatic carbocycles. The fourth-order valence-corrected chi connectivity index (χ4v) is 1.30. The lowest BCUT2D eigenvalue weighted by molar-refractivity contribution is -0.149. The van der Waals surface area contributed by atoms with Gasteiger partial charge in [0.25, 0.3) is 0 Å². The molecule has 1 heterocycles. The van der Waals surface area contributed by atoms with E-state index in [1.165, 1.54) is 6.07 Å². The molecular formula is C7H5Cl2F3N2. The summed E-state index contributed by atoms with van der Waals surface area (Å²) >= 11 is 10.9. The van der Waals surface area contributed by atoms with Gasteiger partial charge in [-0.15, -0.1) is 0 Å². The van der Waals surface area contributed by atoms with Gasteiger partial charge in [-0.05, 0) is 12.1 Å². The van der Waals surface area contributed by atoms with Gasteiger partial charge in [-0.1, -0.05) is 23.2 Å². The first kappa shape index (κ1) is 11.6. The normalized spacial score (nSPS) is 14.1. The minimum Gasteiger partial charge on any atom is -0.315 e. The van der Waals surface area contributed by atoms with Crippen LogP contribution in [0.1, 0.15) is 11.7 Å². The Hall–Kier alpha value is -0.520. The highest BCUT2D eigenvalue weighted by molar-refractivity contribution is 6.33.